The molecule has 0 radical (unpaired) electrons. The predicted octanol–water partition coefficient (Wildman–Crippen LogP) is 2.06. The van der Waals surface area contributed by atoms with E-state index in [4.69, 9.17) is 4.74 Å². The molecule has 1 saturated heterocycles. The summed E-state index contributed by atoms with van der Waals surface area (Å²) >= 11 is 0. The van der Waals surface area contributed by atoms with Crippen LogP contribution < -0.4 is 4.74 Å². The molecule has 6 heteroatoms. The molecule has 0 unspecified atom stereocenters. The van der Waals surface area contributed by atoms with Gasteiger partial charge in [0.05, 0.1) is 18.6 Å². The van der Waals surface area contributed by atoms with Gasteiger partial charge in [-0.2, -0.15) is 0 Å². The highest BCUT2D eigenvalue weighted by atomic mass is 16.5. The maximum absolute atomic E-state index is 11.8. The van der Waals surface area contributed by atoms with Crippen molar-refractivity contribution >= 4 is 5.91 Å². The summed E-state index contributed by atoms with van der Waals surface area (Å²) in [4.78, 5) is 21.8. The normalized spacial score (nSPS) is 20.8. The van der Waals surface area contributed by atoms with Crippen molar-refractivity contribution in [1.82, 2.24) is 14.9 Å². The van der Waals surface area contributed by atoms with Gasteiger partial charge in [0.2, 0.25) is 5.91 Å². The molecule has 2 aromatic rings. The number of aryl methyl sites for hydroxylation is 1. The average molecular weight is 313 g/mol. The Morgan fingerprint density at radius 1 is 1.26 bits per heavy atom. The van der Waals surface area contributed by atoms with Crippen LogP contribution in [-0.2, 0) is 11.3 Å². The van der Waals surface area contributed by atoms with E-state index in [9.17, 15) is 9.90 Å². The molecule has 1 aliphatic rings. The maximum Gasteiger partial charge on any atom is 0.321 e. The van der Waals surface area contributed by atoms with Crippen molar-refractivity contribution in [2.45, 2.75) is 39.0 Å². The van der Waals surface area contributed by atoms with Crippen LogP contribution in [0.5, 0.6) is 11.8 Å². The number of hydrogen-bond acceptors (Lipinski definition) is 5. The van der Waals surface area contributed by atoms with Crippen molar-refractivity contribution in [2.75, 3.05) is 0 Å². The second-order valence-corrected chi connectivity index (χ2v) is 5.82. The second kappa shape index (κ2) is 6.34. The van der Waals surface area contributed by atoms with Gasteiger partial charge in [0.1, 0.15) is 5.75 Å². The van der Waals surface area contributed by atoms with Gasteiger partial charge < -0.3 is 14.7 Å². The maximum atomic E-state index is 11.8. The summed E-state index contributed by atoms with van der Waals surface area (Å²) in [5.41, 5.74) is 1.95. The van der Waals surface area contributed by atoms with Crippen LogP contribution in [0, 0.1) is 6.92 Å². The molecule has 0 bridgehead atoms. The van der Waals surface area contributed by atoms with E-state index in [1.54, 1.807) is 17.3 Å². The van der Waals surface area contributed by atoms with Gasteiger partial charge in [0.15, 0.2) is 0 Å². The lowest BCUT2D eigenvalue weighted by Gasteiger charge is -2.22. The topological polar surface area (TPSA) is 75.5 Å². The van der Waals surface area contributed by atoms with Crippen molar-refractivity contribution in [1.29, 1.82) is 0 Å². The Hall–Kier alpha value is -2.47. The fourth-order valence-electron chi connectivity index (χ4n) is 2.52. The highest BCUT2D eigenvalue weighted by Crippen LogP contribution is 2.22. The molecule has 2 atom stereocenters. The van der Waals surface area contributed by atoms with Crippen molar-refractivity contribution in [3.8, 4) is 11.8 Å². The molecule has 1 aliphatic heterocycles. The summed E-state index contributed by atoms with van der Waals surface area (Å²) < 4.78 is 5.57. The van der Waals surface area contributed by atoms with Crippen molar-refractivity contribution < 1.29 is 14.6 Å². The highest BCUT2D eigenvalue weighted by molar-refractivity contribution is 5.79. The molecule has 3 rings (SSSR count). The van der Waals surface area contributed by atoms with Crippen molar-refractivity contribution in [3.63, 3.8) is 0 Å². The zero-order valence-corrected chi connectivity index (χ0v) is 13.1. The number of amides is 1. The Morgan fingerprint density at radius 2 is 1.91 bits per heavy atom. The number of rotatable bonds is 4. The monoisotopic (exact) mass is 313 g/mol. The SMILES string of the molecule is Cc1ccc(Oc2ncc(CN3C(=O)C[C@H](O)[C@@H]3C)cn2)cc1. The van der Waals surface area contributed by atoms with Crippen LogP contribution in [0.15, 0.2) is 36.7 Å². The number of carbonyl (C=O) groups excluding carboxylic acids is 1. The minimum atomic E-state index is -0.604. The molecule has 0 saturated carbocycles. The summed E-state index contributed by atoms with van der Waals surface area (Å²) in [5.74, 6) is 0.625. The molecule has 2 heterocycles. The molecule has 120 valence electrons. The van der Waals surface area contributed by atoms with Crippen LogP contribution in [-0.4, -0.2) is 38.0 Å². The number of ether oxygens (including phenoxy) is 1. The Bertz CT molecular complexity index is 685. The van der Waals surface area contributed by atoms with Gasteiger partial charge in [-0.3, -0.25) is 4.79 Å². The van der Waals surface area contributed by atoms with Crippen LogP contribution >= 0.6 is 0 Å². The predicted molar refractivity (Wildman–Crippen MR) is 83.9 cm³/mol. The van der Waals surface area contributed by atoms with Crippen LogP contribution in [0.25, 0.3) is 0 Å². The Kier molecular flexibility index (Phi) is 4.25. The lowest BCUT2D eigenvalue weighted by molar-refractivity contribution is -0.129. The lowest BCUT2D eigenvalue weighted by Crippen LogP contribution is -2.34. The largest absolute Gasteiger partial charge is 0.424 e. The number of nitrogens with zero attached hydrogens (tertiary/aromatic N) is 3. The number of aliphatic hydroxyl groups excluding tert-OH is 1. The minimum absolute atomic E-state index is 0.0509. The van der Waals surface area contributed by atoms with Gasteiger partial charge in [0, 0.05) is 24.5 Å². The van der Waals surface area contributed by atoms with E-state index in [1.807, 2.05) is 38.1 Å². The average Bonchev–Trinajstić information content (AvgIpc) is 2.78. The van der Waals surface area contributed by atoms with Crippen molar-refractivity contribution in [2.24, 2.45) is 0 Å². The fourth-order valence-corrected chi connectivity index (χ4v) is 2.52. The molecule has 1 aromatic carbocycles. The quantitative estimate of drug-likeness (QED) is 0.935. The van der Waals surface area contributed by atoms with E-state index in [1.165, 1.54) is 0 Å². The van der Waals surface area contributed by atoms with Crippen LogP contribution in [0.4, 0.5) is 0 Å². The van der Waals surface area contributed by atoms with Gasteiger partial charge in [-0.1, -0.05) is 17.7 Å². The number of aliphatic hydroxyl groups is 1. The summed E-state index contributed by atoms with van der Waals surface area (Å²) in [5, 5.41) is 9.73. The first-order valence-corrected chi connectivity index (χ1v) is 7.56. The smallest absolute Gasteiger partial charge is 0.321 e. The van der Waals surface area contributed by atoms with Crippen LogP contribution in [0.3, 0.4) is 0 Å². The fraction of sp³-hybridized carbons (Fsp3) is 0.353. The van der Waals surface area contributed by atoms with Gasteiger partial charge >= 0.3 is 6.01 Å². The second-order valence-electron chi connectivity index (χ2n) is 5.82. The zero-order valence-electron chi connectivity index (χ0n) is 13.1. The van der Waals surface area contributed by atoms with Crippen LogP contribution in [0.2, 0.25) is 0 Å². The Morgan fingerprint density at radius 3 is 2.48 bits per heavy atom. The molecular weight excluding hydrogens is 294 g/mol. The number of benzene rings is 1. The number of likely N-dealkylation sites (tertiary alicyclic amines) is 1. The van der Waals surface area contributed by atoms with Gasteiger partial charge in [-0.25, -0.2) is 9.97 Å². The Labute approximate surface area is 134 Å². The van der Waals surface area contributed by atoms with Crippen molar-refractivity contribution in [3.05, 3.63) is 47.8 Å². The molecular formula is C17H19N3O3. The van der Waals surface area contributed by atoms with Crippen LogP contribution in [0.1, 0.15) is 24.5 Å². The standard InChI is InChI=1S/C17H19N3O3/c1-11-3-5-14(6-4-11)23-17-18-8-13(9-19-17)10-20-12(2)15(21)7-16(20)22/h3-6,8-9,12,15,21H,7,10H2,1-2H3/t12-,15-/m0/s1. The number of hydrogen-bond donors (Lipinski definition) is 1. The van der Waals surface area contributed by atoms with Gasteiger partial charge in [-0.05, 0) is 26.0 Å². The number of carbonyl (C=O) groups is 1. The van der Waals surface area contributed by atoms with Gasteiger partial charge in [0.25, 0.3) is 0 Å². The molecule has 1 fully saturated rings. The van der Waals surface area contributed by atoms with E-state index in [0.717, 1.165) is 11.1 Å². The zero-order chi connectivity index (χ0) is 16.4. The summed E-state index contributed by atoms with van der Waals surface area (Å²) in [6.45, 7) is 4.24. The Balaban J connectivity index is 1.65. The number of aromatic nitrogens is 2. The lowest BCUT2D eigenvalue weighted by atomic mass is 10.2. The van der Waals surface area contributed by atoms with E-state index in [2.05, 4.69) is 9.97 Å². The first-order valence-electron chi connectivity index (χ1n) is 7.56. The first-order chi connectivity index (χ1) is 11.0. The van der Waals surface area contributed by atoms with E-state index >= 15 is 0 Å². The molecule has 0 spiro atoms. The summed E-state index contributed by atoms with van der Waals surface area (Å²) in [6.07, 6.45) is 2.85. The third-order valence-electron chi connectivity index (χ3n) is 4.02. The third-order valence-corrected chi connectivity index (χ3v) is 4.02. The molecule has 1 N–H and O–H groups in total. The van der Waals surface area contributed by atoms with Gasteiger partial charge in [-0.15, -0.1) is 0 Å². The molecule has 1 aromatic heterocycles. The minimum Gasteiger partial charge on any atom is -0.424 e. The molecule has 1 amide bonds. The molecule has 6 nitrogen and oxygen atoms in total. The van der Waals surface area contributed by atoms with E-state index < -0.39 is 6.10 Å². The van der Waals surface area contributed by atoms with E-state index in [0.29, 0.717) is 12.3 Å². The first kappa shape index (κ1) is 15.4. The molecule has 0 aliphatic carbocycles. The highest BCUT2D eigenvalue weighted by Gasteiger charge is 2.35. The third kappa shape index (κ3) is 3.48. The molecule has 23 heavy (non-hydrogen) atoms. The summed E-state index contributed by atoms with van der Waals surface area (Å²) in [7, 11) is 0. The summed E-state index contributed by atoms with van der Waals surface area (Å²) in [6, 6.07) is 7.70. The van der Waals surface area contributed by atoms with E-state index in [-0.39, 0.29) is 24.4 Å².